The monoisotopic (exact) mass is 273 g/mol. The Bertz CT molecular complexity index is 624. The molecule has 2 aromatic carbocycles. The minimum Gasteiger partial charge on any atom is -0.507 e. The van der Waals surface area contributed by atoms with Crippen molar-refractivity contribution < 1.29 is 5.11 Å². The number of aromatic hydroxyl groups is 1. The molecular formula is C16H16ClNO. The molecule has 0 aromatic heterocycles. The minimum absolute atomic E-state index is 0.344. The van der Waals surface area contributed by atoms with Crippen LogP contribution in [0.4, 0.5) is 5.69 Å². The largest absolute Gasteiger partial charge is 0.507 e. The van der Waals surface area contributed by atoms with Crippen molar-refractivity contribution in [3.63, 3.8) is 0 Å². The fourth-order valence-corrected chi connectivity index (χ4v) is 2.10. The van der Waals surface area contributed by atoms with E-state index in [0.29, 0.717) is 10.8 Å². The second kappa shape index (κ2) is 5.45. The van der Waals surface area contributed by atoms with Crippen LogP contribution in [0.1, 0.15) is 22.3 Å². The van der Waals surface area contributed by atoms with E-state index in [0.717, 1.165) is 27.9 Å². The van der Waals surface area contributed by atoms with Crippen LogP contribution >= 0.6 is 11.6 Å². The van der Waals surface area contributed by atoms with Crippen molar-refractivity contribution in [2.45, 2.75) is 20.8 Å². The van der Waals surface area contributed by atoms with E-state index in [1.807, 2.05) is 51.1 Å². The highest BCUT2D eigenvalue weighted by Crippen LogP contribution is 2.25. The van der Waals surface area contributed by atoms with Gasteiger partial charge in [0.1, 0.15) is 5.75 Å². The molecule has 0 radical (unpaired) electrons. The van der Waals surface area contributed by atoms with Crippen molar-refractivity contribution in [3.05, 3.63) is 57.6 Å². The lowest BCUT2D eigenvalue weighted by Gasteiger charge is -2.05. The third-order valence-corrected chi connectivity index (χ3v) is 3.27. The second-order valence-corrected chi connectivity index (χ2v) is 5.13. The Morgan fingerprint density at radius 3 is 2.26 bits per heavy atom. The minimum atomic E-state index is 0.344. The van der Waals surface area contributed by atoms with Crippen molar-refractivity contribution >= 4 is 23.5 Å². The third-order valence-electron chi connectivity index (χ3n) is 3.04. The molecule has 0 fully saturated rings. The number of phenolic OH excluding ortho intramolecular Hbond substituents is 1. The van der Waals surface area contributed by atoms with E-state index in [9.17, 15) is 5.11 Å². The molecule has 0 aliphatic heterocycles. The Hall–Kier alpha value is -1.80. The molecule has 3 heteroatoms. The Morgan fingerprint density at radius 1 is 1.00 bits per heavy atom. The van der Waals surface area contributed by atoms with Crippen molar-refractivity contribution in [1.29, 1.82) is 0 Å². The first kappa shape index (κ1) is 13.6. The number of hydrogen-bond donors (Lipinski definition) is 1. The zero-order chi connectivity index (χ0) is 14.0. The summed E-state index contributed by atoms with van der Waals surface area (Å²) in [4.78, 5) is 4.46. The Kier molecular flexibility index (Phi) is 3.91. The van der Waals surface area contributed by atoms with E-state index in [-0.39, 0.29) is 0 Å². The summed E-state index contributed by atoms with van der Waals surface area (Å²) < 4.78 is 0. The SMILES string of the molecule is Cc1ccc(Cl)cc1N=Cc1cc(C)c(O)c(C)c1. The highest BCUT2D eigenvalue weighted by Gasteiger charge is 2.02. The first-order chi connectivity index (χ1) is 8.97. The number of nitrogens with zero attached hydrogens (tertiary/aromatic N) is 1. The van der Waals surface area contributed by atoms with Gasteiger partial charge in [-0.2, -0.15) is 0 Å². The molecule has 1 N–H and O–H groups in total. The van der Waals surface area contributed by atoms with Gasteiger partial charge in [-0.25, -0.2) is 0 Å². The lowest BCUT2D eigenvalue weighted by molar-refractivity contribution is 0.467. The maximum Gasteiger partial charge on any atom is 0.121 e. The molecule has 0 saturated heterocycles. The number of benzene rings is 2. The van der Waals surface area contributed by atoms with Gasteiger partial charge in [-0.3, -0.25) is 4.99 Å². The predicted molar refractivity (Wildman–Crippen MR) is 81.0 cm³/mol. The van der Waals surface area contributed by atoms with E-state index in [2.05, 4.69) is 4.99 Å². The average molecular weight is 274 g/mol. The molecule has 0 unspecified atom stereocenters. The molecule has 19 heavy (non-hydrogen) atoms. The summed E-state index contributed by atoms with van der Waals surface area (Å²) in [5.41, 5.74) is 4.60. The van der Waals surface area contributed by atoms with E-state index in [1.54, 1.807) is 6.21 Å². The van der Waals surface area contributed by atoms with Crippen molar-refractivity contribution in [3.8, 4) is 5.75 Å². The smallest absolute Gasteiger partial charge is 0.121 e. The molecule has 0 bridgehead atoms. The van der Waals surface area contributed by atoms with Gasteiger partial charge in [0.2, 0.25) is 0 Å². The van der Waals surface area contributed by atoms with Gasteiger partial charge in [-0.15, -0.1) is 0 Å². The highest BCUT2D eigenvalue weighted by molar-refractivity contribution is 6.30. The van der Waals surface area contributed by atoms with Gasteiger partial charge < -0.3 is 5.11 Å². The molecule has 0 atom stereocenters. The topological polar surface area (TPSA) is 32.6 Å². The Morgan fingerprint density at radius 2 is 1.63 bits per heavy atom. The van der Waals surface area contributed by atoms with Crippen LogP contribution in [-0.2, 0) is 0 Å². The van der Waals surface area contributed by atoms with Crippen molar-refractivity contribution in [2.75, 3.05) is 0 Å². The van der Waals surface area contributed by atoms with Gasteiger partial charge in [0, 0.05) is 11.2 Å². The number of hydrogen-bond acceptors (Lipinski definition) is 2. The van der Waals surface area contributed by atoms with Gasteiger partial charge in [0.25, 0.3) is 0 Å². The van der Waals surface area contributed by atoms with Crippen LogP contribution in [0, 0.1) is 20.8 Å². The first-order valence-corrected chi connectivity index (χ1v) is 6.45. The van der Waals surface area contributed by atoms with Gasteiger partial charge >= 0.3 is 0 Å². The highest BCUT2D eigenvalue weighted by atomic mass is 35.5. The number of aryl methyl sites for hydroxylation is 3. The van der Waals surface area contributed by atoms with Crippen LogP contribution in [0.15, 0.2) is 35.3 Å². The lowest BCUT2D eigenvalue weighted by Crippen LogP contribution is -1.87. The zero-order valence-corrected chi connectivity index (χ0v) is 12.0. The molecular weight excluding hydrogens is 258 g/mol. The first-order valence-electron chi connectivity index (χ1n) is 6.08. The van der Waals surface area contributed by atoms with E-state index >= 15 is 0 Å². The number of rotatable bonds is 2. The summed E-state index contributed by atoms with van der Waals surface area (Å²) in [6.45, 7) is 5.75. The molecule has 0 spiro atoms. The van der Waals surface area contributed by atoms with E-state index < -0.39 is 0 Å². The van der Waals surface area contributed by atoms with Crippen LogP contribution in [0.5, 0.6) is 5.75 Å². The predicted octanol–water partition coefficient (Wildman–Crippen LogP) is 4.72. The van der Waals surface area contributed by atoms with Gasteiger partial charge in [0.05, 0.1) is 5.69 Å². The lowest BCUT2D eigenvalue weighted by atomic mass is 10.1. The maximum absolute atomic E-state index is 9.73. The average Bonchev–Trinajstić information content (AvgIpc) is 2.37. The van der Waals surface area contributed by atoms with Gasteiger partial charge in [-0.05, 0) is 67.3 Å². The maximum atomic E-state index is 9.73. The number of phenols is 1. The molecule has 0 heterocycles. The number of halogens is 1. The van der Waals surface area contributed by atoms with E-state index in [4.69, 9.17) is 11.6 Å². The summed E-state index contributed by atoms with van der Waals surface area (Å²) in [6, 6.07) is 9.46. The third kappa shape index (κ3) is 3.15. The van der Waals surface area contributed by atoms with Gasteiger partial charge in [0.15, 0.2) is 0 Å². The van der Waals surface area contributed by atoms with Crippen LogP contribution < -0.4 is 0 Å². The Balaban J connectivity index is 2.35. The molecule has 2 nitrogen and oxygen atoms in total. The summed E-state index contributed by atoms with van der Waals surface area (Å²) >= 11 is 5.96. The normalized spacial score (nSPS) is 11.2. The summed E-state index contributed by atoms with van der Waals surface area (Å²) in [5.74, 6) is 0.344. The fourth-order valence-electron chi connectivity index (χ4n) is 1.93. The summed E-state index contributed by atoms with van der Waals surface area (Å²) in [5, 5.41) is 10.4. The van der Waals surface area contributed by atoms with Crippen LogP contribution in [0.2, 0.25) is 5.02 Å². The molecule has 0 aliphatic carbocycles. The molecule has 2 rings (SSSR count). The van der Waals surface area contributed by atoms with Crippen LogP contribution in [0.3, 0.4) is 0 Å². The molecule has 0 aliphatic rings. The molecule has 2 aromatic rings. The zero-order valence-electron chi connectivity index (χ0n) is 11.2. The van der Waals surface area contributed by atoms with Gasteiger partial charge in [-0.1, -0.05) is 17.7 Å². The summed E-state index contributed by atoms with van der Waals surface area (Å²) in [6.07, 6.45) is 1.79. The number of aliphatic imine (C=N–C) groups is 1. The molecule has 0 amide bonds. The van der Waals surface area contributed by atoms with Crippen molar-refractivity contribution in [1.82, 2.24) is 0 Å². The van der Waals surface area contributed by atoms with E-state index in [1.165, 1.54) is 0 Å². The van der Waals surface area contributed by atoms with Crippen LogP contribution in [0.25, 0.3) is 0 Å². The van der Waals surface area contributed by atoms with Crippen molar-refractivity contribution in [2.24, 2.45) is 4.99 Å². The second-order valence-electron chi connectivity index (χ2n) is 4.69. The molecule has 0 saturated carbocycles. The summed E-state index contributed by atoms with van der Waals surface area (Å²) in [7, 11) is 0. The fraction of sp³-hybridized carbons (Fsp3) is 0.188. The Labute approximate surface area is 118 Å². The molecule has 98 valence electrons. The quantitative estimate of drug-likeness (QED) is 0.789. The van der Waals surface area contributed by atoms with Crippen LogP contribution in [-0.4, -0.2) is 11.3 Å². The standard InChI is InChI=1S/C16H16ClNO/c1-10-4-5-14(17)8-15(10)18-9-13-6-11(2)16(19)12(3)7-13/h4-9,19H,1-3H3.